The predicted molar refractivity (Wildman–Crippen MR) is 89.1 cm³/mol. The van der Waals surface area contributed by atoms with Crippen molar-refractivity contribution >= 4 is 10.2 Å². The fourth-order valence-corrected chi connectivity index (χ4v) is 5.17. The number of ether oxygens (including phenoxy) is 1. The summed E-state index contributed by atoms with van der Waals surface area (Å²) in [5.74, 6) is 0.417. The molecule has 0 amide bonds. The van der Waals surface area contributed by atoms with Crippen molar-refractivity contribution in [3.63, 3.8) is 0 Å². The second-order valence-electron chi connectivity index (χ2n) is 6.25. The molecular weight excluding hydrogens is 344 g/mol. The maximum Gasteiger partial charge on any atom is 0.282 e. The van der Waals surface area contributed by atoms with E-state index in [1.165, 1.54) is 15.0 Å². The number of rotatable bonds is 4. The first kappa shape index (κ1) is 16.6. The minimum atomic E-state index is -3.53. The van der Waals surface area contributed by atoms with Crippen LogP contribution in [0.3, 0.4) is 0 Å². The van der Waals surface area contributed by atoms with Crippen molar-refractivity contribution in [1.29, 1.82) is 0 Å². The van der Waals surface area contributed by atoms with Gasteiger partial charge in [-0.15, -0.1) is 0 Å². The van der Waals surface area contributed by atoms with Crippen LogP contribution in [0.2, 0.25) is 0 Å². The highest BCUT2D eigenvalue weighted by molar-refractivity contribution is 7.86. The van der Waals surface area contributed by atoms with Gasteiger partial charge in [0.05, 0.1) is 13.2 Å². The average molecular weight is 364 g/mol. The predicted octanol–water partition coefficient (Wildman–Crippen LogP) is 0.830. The van der Waals surface area contributed by atoms with Crippen LogP contribution in [-0.4, -0.2) is 66.6 Å². The minimum absolute atomic E-state index is 0.00499. The number of hydrogen-bond donors (Lipinski definition) is 0. The second kappa shape index (κ2) is 6.83. The van der Waals surface area contributed by atoms with E-state index >= 15 is 0 Å². The lowest BCUT2D eigenvalue weighted by atomic mass is 9.88. The fourth-order valence-electron chi connectivity index (χ4n) is 3.54. The summed E-state index contributed by atoms with van der Waals surface area (Å²) >= 11 is 0. The number of aromatic nitrogens is 2. The molecular formula is C16H20N4O4S. The summed E-state index contributed by atoms with van der Waals surface area (Å²) in [4.78, 5) is 4.17. The zero-order valence-corrected chi connectivity index (χ0v) is 14.5. The quantitative estimate of drug-likeness (QED) is 0.798. The Morgan fingerprint density at radius 2 is 1.72 bits per heavy atom. The van der Waals surface area contributed by atoms with Gasteiger partial charge in [-0.25, -0.2) is 0 Å². The maximum atomic E-state index is 13.0. The molecule has 8 nitrogen and oxygen atoms in total. The van der Waals surface area contributed by atoms with Gasteiger partial charge >= 0.3 is 0 Å². The number of nitrogens with zero attached hydrogens (tertiary/aromatic N) is 4. The summed E-state index contributed by atoms with van der Waals surface area (Å²) in [5, 5.41) is 3.96. The minimum Gasteiger partial charge on any atom is -0.379 e. The van der Waals surface area contributed by atoms with Gasteiger partial charge in [0.15, 0.2) is 5.82 Å². The molecule has 9 heteroatoms. The molecule has 2 aliphatic heterocycles. The Kier molecular flexibility index (Phi) is 4.55. The van der Waals surface area contributed by atoms with Gasteiger partial charge in [0.2, 0.25) is 6.39 Å². The molecule has 4 rings (SSSR count). The van der Waals surface area contributed by atoms with Crippen LogP contribution in [0.4, 0.5) is 0 Å². The zero-order chi connectivity index (χ0) is 17.3. The summed E-state index contributed by atoms with van der Waals surface area (Å²) in [6, 6.07) is 9.90. The van der Waals surface area contributed by atoms with Gasteiger partial charge < -0.3 is 9.26 Å². The van der Waals surface area contributed by atoms with E-state index in [1.54, 1.807) is 0 Å². The first-order valence-corrected chi connectivity index (χ1v) is 9.70. The molecule has 1 aromatic heterocycles. The molecule has 134 valence electrons. The Bertz CT molecular complexity index is 791. The molecule has 0 spiro atoms. The Morgan fingerprint density at radius 3 is 2.40 bits per heavy atom. The highest BCUT2D eigenvalue weighted by Crippen LogP contribution is 2.39. The number of benzene rings is 1. The van der Waals surface area contributed by atoms with Crippen molar-refractivity contribution < 1.29 is 17.7 Å². The molecule has 0 saturated carbocycles. The van der Waals surface area contributed by atoms with E-state index in [1.807, 2.05) is 30.3 Å². The average Bonchev–Trinajstić information content (AvgIpc) is 3.33. The fraction of sp³-hybridized carbons (Fsp3) is 0.500. The third-order valence-corrected chi connectivity index (χ3v) is 6.82. The maximum absolute atomic E-state index is 13.0. The molecule has 0 bridgehead atoms. The molecule has 25 heavy (non-hydrogen) atoms. The van der Waals surface area contributed by atoms with E-state index in [9.17, 15) is 8.42 Å². The molecule has 0 radical (unpaired) electrons. The molecule has 3 heterocycles. The molecule has 0 aliphatic carbocycles. The SMILES string of the molecule is O=S(=O)(N1CCOCC1)N1C[C@H](c2ncon2)[C@H](c2ccccc2)C1. The van der Waals surface area contributed by atoms with Crippen LogP contribution in [0, 0.1) is 0 Å². The van der Waals surface area contributed by atoms with Crippen LogP contribution in [0.25, 0.3) is 0 Å². The summed E-state index contributed by atoms with van der Waals surface area (Å²) < 4.78 is 39.2. The van der Waals surface area contributed by atoms with E-state index in [0.717, 1.165) is 5.56 Å². The van der Waals surface area contributed by atoms with Crippen LogP contribution in [0.5, 0.6) is 0 Å². The first-order chi connectivity index (χ1) is 12.2. The van der Waals surface area contributed by atoms with Crippen LogP contribution in [-0.2, 0) is 14.9 Å². The molecule has 2 atom stereocenters. The highest BCUT2D eigenvalue weighted by atomic mass is 32.2. The highest BCUT2D eigenvalue weighted by Gasteiger charge is 2.44. The van der Waals surface area contributed by atoms with E-state index in [2.05, 4.69) is 10.1 Å². The summed E-state index contributed by atoms with van der Waals surface area (Å²) in [6.45, 7) is 2.40. The van der Waals surface area contributed by atoms with Crippen molar-refractivity contribution in [3.05, 3.63) is 48.1 Å². The van der Waals surface area contributed by atoms with Gasteiger partial charge in [-0.3, -0.25) is 0 Å². The lowest BCUT2D eigenvalue weighted by Crippen LogP contribution is -2.47. The van der Waals surface area contributed by atoms with E-state index in [4.69, 9.17) is 9.26 Å². The Balaban J connectivity index is 1.63. The van der Waals surface area contributed by atoms with Crippen molar-refractivity contribution in [3.8, 4) is 0 Å². The van der Waals surface area contributed by atoms with Crippen LogP contribution in [0.1, 0.15) is 23.2 Å². The third-order valence-electron chi connectivity index (χ3n) is 4.85. The number of morpholine rings is 1. The monoisotopic (exact) mass is 364 g/mol. The molecule has 2 saturated heterocycles. The lowest BCUT2D eigenvalue weighted by Gasteiger charge is -2.30. The van der Waals surface area contributed by atoms with Gasteiger partial charge in [-0.2, -0.15) is 22.0 Å². The van der Waals surface area contributed by atoms with Gasteiger partial charge in [0.1, 0.15) is 0 Å². The van der Waals surface area contributed by atoms with Gasteiger partial charge in [-0.1, -0.05) is 35.5 Å². The lowest BCUT2D eigenvalue weighted by molar-refractivity contribution is 0.0705. The first-order valence-electron chi connectivity index (χ1n) is 8.30. The molecule has 0 N–H and O–H groups in total. The van der Waals surface area contributed by atoms with Crippen molar-refractivity contribution in [2.75, 3.05) is 39.4 Å². The van der Waals surface area contributed by atoms with Gasteiger partial charge in [-0.05, 0) is 5.56 Å². The van der Waals surface area contributed by atoms with Crippen LogP contribution >= 0.6 is 0 Å². The summed E-state index contributed by atoms with van der Waals surface area (Å²) in [7, 11) is -3.53. The van der Waals surface area contributed by atoms with Crippen LogP contribution < -0.4 is 0 Å². The van der Waals surface area contributed by atoms with Gasteiger partial charge in [0, 0.05) is 38.0 Å². The second-order valence-corrected chi connectivity index (χ2v) is 8.18. The zero-order valence-electron chi connectivity index (χ0n) is 13.7. The normalized spacial score (nSPS) is 26.1. The Morgan fingerprint density at radius 1 is 1.00 bits per heavy atom. The molecule has 2 aliphatic rings. The number of hydrogen-bond acceptors (Lipinski definition) is 6. The Labute approximate surface area is 146 Å². The van der Waals surface area contributed by atoms with E-state index in [-0.39, 0.29) is 11.8 Å². The standard InChI is InChI=1S/C16H20N4O4S/c21-25(22,19-6-8-23-9-7-19)20-10-14(13-4-2-1-3-5-13)15(11-20)16-17-12-24-18-16/h1-5,12,14-15H,6-11H2/t14-,15-/m0/s1. The Hall–Kier alpha value is -1.81. The summed E-state index contributed by atoms with van der Waals surface area (Å²) in [6.07, 6.45) is 1.29. The summed E-state index contributed by atoms with van der Waals surface area (Å²) in [5.41, 5.74) is 1.08. The molecule has 2 fully saturated rings. The van der Waals surface area contributed by atoms with E-state index < -0.39 is 10.2 Å². The van der Waals surface area contributed by atoms with Crippen LogP contribution in [0.15, 0.2) is 41.2 Å². The van der Waals surface area contributed by atoms with Crippen molar-refractivity contribution in [2.24, 2.45) is 0 Å². The van der Waals surface area contributed by atoms with Crippen molar-refractivity contribution in [1.82, 2.24) is 18.8 Å². The third kappa shape index (κ3) is 3.20. The topological polar surface area (TPSA) is 88.8 Å². The van der Waals surface area contributed by atoms with Gasteiger partial charge in [0.25, 0.3) is 10.2 Å². The smallest absolute Gasteiger partial charge is 0.282 e. The van der Waals surface area contributed by atoms with E-state index in [0.29, 0.717) is 45.2 Å². The molecule has 1 aromatic carbocycles. The molecule has 0 unspecified atom stereocenters. The largest absolute Gasteiger partial charge is 0.379 e. The molecule has 2 aromatic rings. The van der Waals surface area contributed by atoms with Crippen molar-refractivity contribution in [2.45, 2.75) is 11.8 Å².